The molecule has 0 aliphatic carbocycles. The van der Waals surface area contributed by atoms with Crippen LogP contribution in [0.2, 0.25) is 0 Å². The molecule has 1 rings (SSSR count). The summed E-state index contributed by atoms with van der Waals surface area (Å²) >= 11 is 0. The van der Waals surface area contributed by atoms with Crippen LogP contribution in [0.1, 0.15) is 16.1 Å². The van der Waals surface area contributed by atoms with E-state index in [2.05, 4.69) is 9.72 Å². The van der Waals surface area contributed by atoms with Gasteiger partial charge in [0.15, 0.2) is 17.7 Å². The number of nitrogens with two attached hydrogens (primary N) is 1. The molecule has 0 saturated carbocycles. The van der Waals surface area contributed by atoms with Crippen molar-refractivity contribution in [2.24, 2.45) is 0 Å². The predicted octanol–water partition coefficient (Wildman–Crippen LogP) is 1.25. The number of nitrogen functional groups attached to an aromatic ring is 1. The average molecular weight is 231 g/mol. The molecule has 0 amide bonds. The zero-order valence-electron chi connectivity index (χ0n) is 7.58. The van der Waals surface area contributed by atoms with Crippen molar-refractivity contribution in [1.82, 2.24) is 4.98 Å². The highest BCUT2D eigenvalue weighted by Crippen LogP contribution is 2.30. The second-order valence-corrected chi connectivity index (χ2v) is 2.58. The molecule has 1 aromatic rings. The highest BCUT2D eigenvalue weighted by atomic mass is 19.4. The molecule has 1 aromatic heterocycles. The maximum Gasteiger partial charge on any atom is 0.573 e. The molecule has 0 unspecified atom stereocenters. The summed E-state index contributed by atoms with van der Waals surface area (Å²) in [6.45, 7) is 0. The monoisotopic (exact) mass is 231 g/mol. The fourth-order valence-electron chi connectivity index (χ4n) is 0.937. The van der Waals surface area contributed by atoms with Crippen LogP contribution in [0.25, 0.3) is 0 Å². The van der Waals surface area contributed by atoms with Crippen molar-refractivity contribution < 1.29 is 22.7 Å². The molecule has 16 heavy (non-hydrogen) atoms. The maximum absolute atomic E-state index is 11.9. The Hall–Kier alpha value is -2.30. The van der Waals surface area contributed by atoms with Gasteiger partial charge < -0.3 is 10.5 Å². The number of hydrogen-bond donors (Lipinski definition) is 1. The number of anilines is 1. The predicted molar refractivity (Wildman–Crippen MR) is 45.4 cm³/mol. The summed E-state index contributed by atoms with van der Waals surface area (Å²) in [6, 6.07) is 1.52. The van der Waals surface area contributed by atoms with Crippen LogP contribution in [0, 0.1) is 11.3 Å². The fraction of sp³-hybridized carbons (Fsp3) is 0.125. The molecule has 0 aliphatic heterocycles. The van der Waals surface area contributed by atoms with Gasteiger partial charge in [-0.3, -0.25) is 4.79 Å². The van der Waals surface area contributed by atoms with Gasteiger partial charge in [-0.15, -0.1) is 13.2 Å². The highest BCUT2D eigenvalue weighted by molar-refractivity contribution is 5.88. The van der Waals surface area contributed by atoms with Crippen LogP contribution in [-0.2, 0) is 0 Å². The summed E-state index contributed by atoms with van der Waals surface area (Å²) in [7, 11) is 0. The zero-order chi connectivity index (χ0) is 12.3. The van der Waals surface area contributed by atoms with Crippen LogP contribution >= 0.6 is 0 Å². The Labute approximate surface area is 87.3 Å². The van der Waals surface area contributed by atoms with Crippen molar-refractivity contribution in [1.29, 1.82) is 5.26 Å². The molecule has 0 radical (unpaired) electrons. The van der Waals surface area contributed by atoms with E-state index in [0.29, 0.717) is 6.20 Å². The molecule has 0 atom stereocenters. The van der Waals surface area contributed by atoms with Gasteiger partial charge in [0, 0.05) is 0 Å². The van der Waals surface area contributed by atoms with Crippen molar-refractivity contribution in [2.45, 2.75) is 6.36 Å². The maximum atomic E-state index is 11.9. The Balaban J connectivity index is 3.26. The largest absolute Gasteiger partial charge is 0.573 e. The number of nitriles is 1. The quantitative estimate of drug-likeness (QED) is 0.773. The minimum atomic E-state index is -4.94. The summed E-state index contributed by atoms with van der Waals surface area (Å²) in [5.41, 5.74) is 3.87. The summed E-state index contributed by atoms with van der Waals surface area (Å²) in [5.74, 6) is -0.811. The van der Waals surface area contributed by atoms with Gasteiger partial charge in [-0.2, -0.15) is 5.26 Å². The fourth-order valence-corrected chi connectivity index (χ4v) is 0.937. The van der Waals surface area contributed by atoms with E-state index >= 15 is 0 Å². The molecule has 0 saturated heterocycles. The molecular weight excluding hydrogens is 227 g/mol. The smallest absolute Gasteiger partial charge is 0.402 e. The van der Waals surface area contributed by atoms with Gasteiger partial charge in [0.05, 0.1) is 17.4 Å². The average Bonchev–Trinajstić information content (AvgIpc) is 2.19. The lowest BCUT2D eigenvalue weighted by atomic mass is 10.2. The first-order chi connectivity index (χ1) is 7.39. The Kier molecular flexibility index (Phi) is 2.99. The van der Waals surface area contributed by atoms with Crippen molar-refractivity contribution in [3.8, 4) is 11.8 Å². The molecule has 8 heteroatoms. The van der Waals surface area contributed by atoms with E-state index in [1.165, 1.54) is 6.07 Å². The summed E-state index contributed by atoms with van der Waals surface area (Å²) < 4.78 is 39.2. The van der Waals surface area contributed by atoms with Crippen molar-refractivity contribution in [3.63, 3.8) is 0 Å². The number of rotatable bonds is 2. The lowest BCUT2D eigenvalue weighted by Crippen LogP contribution is -2.19. The van der Waals surface area contributed by atoms with E-state index in [1.807, 2.05) is 0 Å². The number of carbonyl (C=O) groups excluding carboxylic acids is 1. The molecule has 1 heterocycles. The number of nitrogens with zero attached hydrogens (tertiary/aromatic N) is 2. The molecule has 0 spiro atoms. The van der Waals surface area contributed by atoms with Crippen molar-refractivity contribution in [3.05, 3.63) is 17.5 Å². The van der Waals surface area contributed by atoms with E-state index in [9.17, 15) is 18.0 Å². The van der Waals surface area contributed by atoms with Gasteiger partial charge in [0.1, 0.15) is 6.07 Å². The minimum absolute atomic E-state index is 0.143. The second-order valence-electron chi connectivity index (χ2n) is 2.58. The first-order valence-corrected chi connectivity index (χ1v) is 3.78. The number of pyridine rings is 1. The molecular formula is C8H4F3N3O2. The van der Waals surface area contributed by atoms with Crippen LogP contribution in [-0.4, -0.2) is 17.6 Å². The summed E-state index contributed by atoms with van der Waals surface area (Å²) in [4.78, 5) is 13.8. The van der Waals surface area contributed by atoms with Gasteiger partial charge in [0.2, 0.25) is 0 Å². The number of halogens is 3. The third-order valence-electron chi connectivity index (χ3n) is 1.57. The third-order valence-corrected chi connectivity index (χ3v) is 1.57. The SMILES string of the molecule is N#Cc1ncc(OC(F)(F)F)c(N)c1C=O. The lowest BCUT2D eigenvalue weighted by molar-refractivity contribution is -0.274. The Morgan fingerprint density at radius 1 is 1.56 bits per heavy atom. The van der Waals surface area contributed by atoms with Crippen molar-refractivity contribution >= 4 is 12.0 Å². The van der Waals surface area contributed by atoms with Gasteiger partial charge in [0.25, 0.3) is 0 Å². The lowest BCUT2D eigenvalue weighted by Gasteiger charge is -2.11. The van der Waals surface area contributed by atoms with Crippen LogP contribution in [0.5, 0.6) is 5.75 Å². The van der Waals surface area contributed by atoms with Gasteiger partial charge in [-0.05, 0) is 0 Å². The number of hydrogen-bond acceptors (Lipinski definition) is 5. The van der Waals surface area contributed by atoms with E-state index < -0.39 is 23.4 Å². The number of ether oxygens (including phenoxy) is 1. The van der Waals surface area contributed by atoms with E-state index in [0.717, 1.165) is 0 Å². The standard InChI is InChI=1S/C8H4F3N3O2/c9-8(10,11)16-6-2-14-5(1-12)4(3-15)7(6)13/h2-3H,(H2,13,14). The summed E-state index contributed by atoms with van der Waals surface area (Å²) in [6.07, 6.45) is -4.16. The van der Waals surface area contributed by atoms with E-state index in [1.54, 1.807) is 0 Å². The number of alkyl halides is 3. The van der Waals surface area contributed by atoms with E-state index in [4.69, 9.17) is 11.0 Å². The number of aldehydes is 1. The van der Waals surface area contributed by atoms with Crippen LogP contribution < -0.4 is 10.5 Å². The van der Waals surface area contributed by atoms with E-state index in [-0.39, 0.29) is 12.0 Å². The number of carbonyl (C=O) groups is 1. The van der Waals surface area contributed by atoms with Crippen LogP contribution in [0.4, 0.5) is 18.9 Å². The number of aromatic nitrogens is 1. The molecule has 0 bridgehead atoms. The Bertz CT molecular complexity index is 465. The van der Waals surface area contributed by atoms with Gasteiger partial charge in [-0.25, -0.2) is 4.98 Å². The first kappa shape index (κ1) is 11.8. The molecule has 0 fully saturated rings. The summed E-state index contributed by atoms with van der Waals surface area (Å²) in [5, 5.41) is 8.51. The molecule has 0 aliphatic rings. The Morgan fingerprint density at radius 2 is 2.19 bits per heavy atom. The topological polar surface area (TPSA) is 89.0 Å². The van der Waals surface area contributed by atoms with Crippen LogP contribution in [0.3, 0.4) is 0 Å². The van der Waals surface area contributed by atoms with Crippen molar-refractivity contribution in [2.75, 3.05) is 5.73 Å². The molecule has 2 N–H and O–H groups in total. The van der Waals surface area contributed by atoms with Gasteiger partial charge >= 0.3 is 6.36 Å². The molecule has 84 valence electrons. The Morgan fingerprint density at radius 3 is 2.62 bits per heavy atom. The van der Waals surface area contributed by atoms with Crippen LogP contribution in [0.15, 0.2) is 6.20 Å². The highest BCUT2D eigenvalue weighted by Gasteiger charge is 2.32. The molecule has 0 aromatic carbocycles. The first-order valence-electron chi connectivity index (χ1n) is 3.78. The third kappa shape index (κ3) is 2.38. The normalized spacial score (nSPS) is 10.6. The zero-order valence-corrected chi connectivity index (χ0v) is 7.58. The molecule has 5 nitrogen and oxygen atoms in total. The van der Waals surface area contributed by atoms with Gasteiger partial charge in [-0.1, -0.05) is 0 Å². The second kappa shape index (κ2) is 4.06. The minimum Gasteiger partial charge on any atom is -0.402 e.